The van der Waals surface area contributed by atoms with Crippen LogP contribution in [0.4, 0.5) is 0 Å². The van der Waals surface area contributed by atoms with Crippen molar-refractivity contribution in [2.24, 2.45) is 34.0 Å². The number of aliphatic hydroxyl groups is 1. The van der Waals surface area contributed by atoms with Crippen LogP contribution >= 0.6 is 0 Å². The quantitative estimate of drug-likeness (QED) is 0.0359. The molecule has 0 saturated carbocycles. The van der Waals surface area contributed by atoms with E-state index in [9.17, 15) is 39.0 Å². The summed E-state index contributed by atoms with van der Waals surface area (Å²) in [4.78, 5) is 78.5. The van der Waals surface area contributed by atoms with Crippen LogP contribution in [0.5, 0.6) is 0 Å². The molecule has 0 aromatic carbocycles. The summed E-state index contributed by atoms with van der Waals surface area (Å²) in [6.07, 6.45) is -0.174. The second-order valence-corrected chi connectivity index (χ2v) is 11.0. The van der Waals surface area contributed by atoms with Gasteiger partial charge in [-0.15, -0.1) is 0 Å². The van der Waals surface area contributed by atoms with Crippen LogP contribution in [0.3, 0.4) is 0 Å². The number of guanidine groups is 1. The first-order chi connectivity index (χ1) is 20.0. The van der Waals surface area contributed by atoms with Crippen LogP contribution in [0.25, 0.3) is 0 Å². The standard InChI is InChI=1S/C26H48N8O9/c1-13(2)10-15(27)21(38)31-16(6-5-9-30-26(28)29)22(39)32-17(7-8-20(36)37)23(40)33-18(11-14(3)4)24(41)34-19(12-35)25(42)43/h13-19,35H,5-12,27H2,1-4H3,(H,31,38)(H,32,39)(H,33,40)(H,34,41)(H,36,37)(H,42,43)(H4,28,29,30)/t15-,16-,17-,18-,19-/m0/s1. The zero-order chi connectivity index (χ0) is 33.3. The van der Waals surface area contributed by atoms with Crippen LogP contribution in [0.1, 0.15) is 66.2 Å². The van der Waals surface area contributed by atoms with E-state index < -0.39 is 78.8 Å². The number of aliphatic hydroxyl groups excluding tert-OH is 1. The Labute approximate surface area is 250 Å². The molecule has 0 saturated heterocycles. The Morgan fingerprint density at radius 3 is 1.63 bits per heavy atom. The van der Waals surface area contributed by atoms with Crippen molar-refractivity contribution < 1.29 is 44.1 Å². The molecular formula is C26H48N8O9. The molecule has 0 rings (SSSR count). The fourth-order valence-electron chi connectivity index (χ4n) is 3.91. The van der Waals surface area contributed by atoms with Crippen molar-refractivity contribution in [2.45, 2.75) is 96.4 Å². The Hall–Kier alpha value is -3.99. The number of hydrogen-bond acceptors (Lipinski definition) is 9. The van der Waals surface area contributed by atoms with Crippen molar-refractivity contribution >= 4 is 41.5 Å². The number of carboxylic acids is 2. The zero-order valence-corrected chi connectivity index (χ0v) is 25.2. The molecule has 0 aliphatic heterocycles. The fourth-order valence-corrected chi connectivity index (χ4v) is 3.91. The summed E-state index contributed by atoms with van der Waals surface area (Å²) in [5.41, 5.74) is 16.6. The van der Waals surface area contributed by atoms with Gasteiger partial charge in [-0.3, -0.25) is 29.0 Å². The number of amides is 4. The maximum absolute atomic E-state index is 13.3. The lowest BCUT2D eigenvalue weighted by molar-refractivity contribution is -0.143. The first kappa shape index (κ1) is 39.0. The first-order valence-electron chi connectivity index (χ1n) is 14.1. The lowest BCUT2D eigenvalue weighted by Gasteiger charge is -2.27. The Bertz CT molecular complexity index is 986. The van der Waals surface area contributed by atoms with Crippen LogP contribution in [0.2, 0.25) is 0 Å². The molecule has 0 aromatic heterocycles. The molecule has 246 valence electrons. The van der Waals surface area contributed by atoms with Crippen LogP contribution in [0, 0.1) is 11.8 Å². The maximum atomic E-state index is 13.3. The topological polar surface area (TPSA) is 302 Å². The summed E-state index contributed by atoms with van der Waals surface area (Å²) in [7, 11) is 0. The Morgan fingerprint density at radius 2 is 1.16 bits per heavy atom. The van der Waals surface area contributed by atoms with Crippen molar-refractivity contribution in [1.29, 1.82) is 0 Å². The minimum atomic E-state index is -1.62. The van der Waals surface area contributed by atoms with Gasteiger partial charge in [0.2, 0.25) is 23.6 Å². The smallest absolute Gasteiger partial charge is 0.328 e. The van der Waals surface area contributed by atoms with Gasteiger partial charge >= 0.3 is 11.9 Å². The second kappa shape index (κ2) is 20.0. The van der Waals surface area contributed by atoms with Gasteiger partial charge in [-0.05, 0) is 43.9 Å². The third kappa shape index (κ3) is 16.9. The number of nitrogens with two attached hydrogens (primary N) is 3. The van der Waals surface area contributed by atoms with Crippen LogP contribution in [-0.2, 0) is 28.8 Å². The highest BCUT2D eigenvalue weighted by Crippen LogP contribution is 2.09. The van der Waals surface area contributed by atoms with Gasteiger partial charge in [0.25, 0.3) is 0 Å². The Morgan fingerprint density at radius 1 is 0.698 bits per heavy atom. The van der Waals surface area contributed by atoms with Crippen molar-refractivity contribution in [3.8, 4) is 0 Å². The molecule has 0 heterocycles. The molecular weight excluding hydrogens is 568 g/mol. The summed E-state index contributed by atoms with van der Waals surface area (Å²) in [5, 5.41) is 37.2. The molecule has 0 unspecified atom stereocenters. The van der Waals surface area contributed by atoms with Crippen molar-refractivity contribution in [3.63, 3.8) is 0 Å². The van der Waals surface area contributed by atoms with Crippen molar-refractivity contribution in [3.05, 3.63) is 0 Å². The van der Waals surface area contributed by atoms with E-state index in [0.717, 1.165) is 0 Å². The predicted molar refractivity (Wildman–Crippen MR) is 156 cm³/mol. The zero-order valence-electron chi connectivity index (χ0n) is 25.2. The van der Waals surface area contributed by atoms with Gasteiger partial charge in [0.05, 0.1) is 12.6 Å². The van der Waals surface area contributed by atoms with Gasteiger partial charge in [0.1, 0.15) is 24.2 Å². The number of hydrogen-bond donors (Lipinski definition) is 10. The van der Waals surface area contributed by atoms with E-state index >= 15 is 0 Å². The van der Waals surface area contributed by atoms with E-state index in [1.165, 1.54) is 0 Å². The molecule has 4 amide bonds. The third-order valence-corrected chi connectivity index (χ3v) is 6.06. The molecule has 5 atom stereocenters. The molecule has 43 heavy (non-hydrogen) atoms. The molecule has 0 aromatic rings. The highest BCUT2D eigenvalue weighted by Gasteiger charge is 2.32. The SMILES string of the molecule is CC(C)C[C@H](NC(=O)[C@H](CCC(=O)O)NC(=O)[C@H](CCCN=C(N)N)NC(=O)[C@@H](N)CC(C)C)C(=O)N[C@@H](CO)C(=O)O. The van der Waals surface area contributed by atoms with Crippen LogP contribution in [0.15, 0.2) is 4.99 Å². The molecule has 13 N–H and O–H groups in total. The third-order valence-electron chi connectivity index (χ3n) is 6.06. The Balaban J connectivity index is 5.98. The molecule has 0 radical (unpaired) electrons. The molecule has 0 aliphatic rings. The number of nitrogens with one attached hydrogen (secondary N) is 4. The molecule has 0 spiro atoms. The average molecular weight is 617 g/mol. The number of aliphatic imine (C=N–C) groups is 1. The van der Waals surface area contributed by atoms with Crippen molar-refractivity contribution in [1.82, 2.24) is 21.3 Å². The van der Waals surface area contributed by atoms with Gasteiger partial charge in [-0.2, -0.15) is 0 Å². The van der Waals surface area contributed by atoms with Crippen LogP contribution in [-0.4, -0.2) is 100 Å². The highest BCUT2D eigenvalue weighted by atomic mass is 16.4. The molecule has 0 bridgehead atoms. The van der Waals surface area contributed by atoms with Gasteiger partial charge < -0.3 is 53.8 Å². The average Bonchev–Trinajstić information content (AvgIpc) is 2.89. The van der Waals surface area contributed by atoms with E-state index in [4.69, 9.17) is 22.3 Å². The summed E-state index contributed by atoms with van der Waals surface area (Å²) >= 11 is 0. The largest absolute Gasteiger partial charge is 0.481 e. The molecule has 0 fully saturated rings. The summed E-state index contributed by atoms with van der Waals surface area (Å²) in [6, 6.07) is -6.43. The summed E-state index contributed by atoms with van der Waals surface area (Å²) < 4.78 is 0. The fraction of sp³-hybridized carbons (Fsp3) is 0.731. The van der Waals surface area contributed by atoms with Gasteiger partial charge in [-0.1, -0.05) is 27.7 Å². The second-order valence-electron chi connectivity index (χ2n) is 11.0. The predicted octanol–water partition coefficient (Wildman–Crippen LogP) is -2.66. The number of carbonyl (C=O) groups excluding carboxylic acids is 4. The lowest BCUT2D eigenvalue weighted by Crippen LogP contribution is -2.59. The molecule has 17 heteroatoms. The van der Waals surface area contributed by atoms with E-state index in [0.29, 0.717) is 6.42 Å². The van der Waals surface area contributed by atoms with E-state index in [1.807, 2.05) is 13.8 Å². The maximum Gasteiger partial charge on any atom is 0.328 e. The minimum absolute atomic E-state index is 0.0478. The normalized spacial score (nSPS) is 14.5. The number of carboxylic acid groups (broad SMARTS) is 2. The Kier molecular flexibility index (Phi) is 18.2. The highest BCUT2D eigenvalue weighted by molar-refractivity contribution is 5.95. The van der Waals surface area contributed by atoms with Crippen LogP contribution < -0.4 is 38.5 Å². The molecule has 17 nitrogen and oxygen atoms in total. The van der Waals surface area contributed by atoms with E-state index in [1.54, 1.807) is 13.8 Å². The number of aliphatic carboxylic acids is 2. The first-order valence-corrected chi connectivity index (χ1v) is 14.1. The number of rotatable bonds is 21. The minimum Gasteiger partial charge on any atom is -0.481 e. The lowest BCUT2D eigenvalue weighted by atomic mass is 10.0. The van der Waals surface area contributed by atoms with E-state index in [-0.39, 0.29) is 50.0 Å². The summed E-state index contributed by atoms with van der Waals surface area (Å²) in [5.74, 6) is -6.18. The van der Waals surface area contributed by atoms with Crippen molar-refractivity contribution in [2.75, 3.05) is 13.2 Å². The number of carbonyl (C=O) groups is 6. The van der Waals surface area contributed by atoms with E-state index in [2.05, 4.69) is 26.3 Å². The molecule has 0 aliphatic carbocycles. The van der Waals surface area contributed by atoms with Gasteiger partial charge in [0, 0.05) is 13.0 Å². The van der Waals surface area contributed by atoms with Gasteiger partial charge in [-0.25, -0.2) is 4.79 Å². The van der Waals surface area contributed by atoms with Gasteiger partial charge in [0.15, 0.2) is 5.96 Å². The summed E-state index contributed by atoms with van der Waals surface area (Å²) in [6.45, 7) is 6.48. The number of nitrogens with zero attached hydrogens (tertiary/aromatic N) is 1. The monoisotopic (exact) mass is 616 g/mol.